The van der Waals surface area contributed by atoms with Crippen LogP contribution in [-0.2, 0) is 22.7 Å². The van der Waals surface area contributed by atoms with Crippen molar-refractivity contribution in [3.05, 3.63) is 46.6 Å². The molecular weight excluding hydrogens is 370 g/mol. The summed E-state index contributed by atoms with van der Waals surface area (Å²) >= 11 is 0. The van der Waals surface area contributed by atoms with Crippen LogP contribution in [0.4, 0.5) is 0 Å². The molecule has 1 rings (SSSR count). The van der Waals surface area contributed by atoms with Crippen molar-refractivity contribution in [2.75, 3.05) is 12.8 Å². The Bertz CT molecular complexity index is 697. The number of hydrogen-bond acceptors (Lipinski definition) is 5. The van der Waals surface area contributed by atoms with Crippen molar-refractivity contribution in [2.24, 2.45) is 10.7 Å². The van der Waals surface area contributed by atoms with E-state index in [-0.39, 0.29) is 10.8 Å². The third-order valence-corrected chi connectivity index (χ3v) is 6.72. The molecule has 6 heteroatoms. The lowest BCUT2D eigenvalue weighted by Crippen LogP contribution is -2.33. The monoisotopic (exact) mass is 407 g/mol. The van der Waals surface area contributed by atoms with E-state index < -0.39 is 15.9 Å². The second kappa shape index (κ2) is 13.5. The maximum Gasteiger partial charge on any atom is 0.196 e. The van der Waals surface area contributed by atoms with Crippen LogP contribution in [0.25, 0.3) is 0 Å². The molecule has 0 heterocycles. The van der Waals surface area contributed by atoms with E-state index in [4.69, 9.17) is 5.73 Å². The molecule has 158 valence electrons. The molecule has 3 N–H and O–H groups in total. The highest BCUT2D eigenvalue weighted by Crippen LogP contribution is 2.13. The minimum Gasteiger partial charge on any atom is -0.378 e. The van der Waals surface area contributed by atoms with Crippen LogP contribution in [0.5, 0.6) is 0 Å². The van der Waals surface area contributed by atoms with Crippen LogP contribution in [0.1, 0.15) is 63.0 Å². The molecule has 5 nitrogen and oxygen atoms in total. The van der Waals surface area contributed by atoms with E-state index >= 15 is 0 Å². The molecule has 0 fully saturated rings. The van der Waals surface area contributed by atoms with Crippen molar-refractivity contribution in [3.63, 3.8) is 0 Å². The summed E-state index contributed by atoms with van der Waals surface area (Å²) < 4.78 is 24.6. The lowest BCUT2D eigenvalue weighted by atomic mass is 10.0. The van der Waals surface area contributed by atoms with Gasteiger partial charge in [0.05, 0.1) is 12.0 Å². The van der Waals surface area contributed by atoms with Gasteiger partial charge in [-0.3, -0.25) is 4.99 Å². The Morgan fingerprint density at radius 2 is 1.68 bits per heavy atom. The van der Waals surface area contributed by atoms with Crippen LogP contribution in [-0.4, -0.2) is 34.0 Å². The molecule has 0 radical (unpaired) electrons. The van der Waals surface area contributed by atoms with Crippen molar-refractivity contribution in [3.8, 4) is 0 Å². The van der Waals surface area contributed by atoms with Gasteiger partial charge in [-0.05, 0) is 43.5 Å². The average Bonchev–Trinajstić information content (AvgIpc) is 2.67. The van der Waals surface area contributed by atoms with Gasteiger partial charge in [0.25, 0.3) is 0 Å². The van der Waals surface area contributed by atoms with Crippen molar-refractivity contribution < 1.29 is 8.42 Å². The summed E-state index contributed by atoms with van der Waals surface area (Å²) in [5, 5.41) is 2.70. The summed E-state index contributed by atoms with van der Waals surface area (Å²) in [6.07, 6.45) is 11.6. The molecule has 1 aromatic rings. The highest BCUT2D eigenvalue weighted by atomic mass is 32.2. The van der Waals surface area contributed by atoms with Gasteiger partial charge in [0.1, 0.15) is 5.03 Å². The third kappa shape index (κ3) is 9.51. The Kier molecular flexibility index (Phi) is 11.8. The Labute approximate surface area is 171 Å². The Balaban J connectivity index is 2.40. The second-order valence-corrected chi connectivity index (χ2v) is 9.34. The molecule has 1 aromatic carbocycles. The Hall–Kier alpha value is -1.66. The van der Waals surface area contributed by atoms with E-state index in [0.29, 0.717) is 6.42 Å². The molecule has 0 aliphatic heterocycles. The maximum atomic E-state index is 12.3. The Morgan fingerprint density at radius 1 is 1.11 bits per heavy atom. The van der Waals surface area contributed by atoms with Gasteiger partial charge in [0.15, 0.2) is 9.84 Å². The lowest BCUT2D eigenvalue weighted by molar-refractivity contribution is 0.582. The van der Waals surface area contributed by atoms with Crippen LogP contribution in [0.15, 0.2) is 40.5 Å². The molecular formula is C22H37N3O2S. The molecule has 0 spiro atoms. The first-order chi connectivity index (χ1) is 13.4. The summed E-state index contributed by atoms with van der Waals surface area (Å²) in [6.45, 7) is 5.54. The van der Waals surface area contributed by atoms with E-state index in [9.17, 15) is 8.42 Å². The molecule has 1 unspecified atom stereocenters. The molecule has 0 aliphatic carbocycles. The zero-order chi connectivity index (χ0) is 20.8. The number of rotatable bonds is 15. The highest BCUT2D eigenvalue weighted by molar-refractivity contribution is 7.95. The van der Waals surface area contributed by atoms with E-state index in [0.717, 1.165) is 12.8 Å². The van der Waals surface area contributed by atoms with Crippen LogP contribution >= 0.6 is 0 Å². The number of nitrogens with zero attached hydrogens (tertiary/aromatic N) is 1. The lowest BCUT2D eigenvalue weighted by Gasteiger charge is -2.14. The molecule has 0 bridgehead atoms. The van der Waals surface area contributed by atoms with E-state index in [1.165, 1.54) is 55.9 Å². The first-order valence-electron chi connectivity index (χ1n) is 10.3. The van der Waals surface area contributed by atoms with Gasteiger partial charge in [-0.15, -0.1) is 0 Å². The van der Waals surface area contributed by atoms with E-state index in [2.05, 4.69) is 48.2 Å². The molecule has 1 atom stereocenters. The predicted molar refractivity (Wildman–Crippen MR) is 120 cm³/mol. The summed E-state index contributed by atoms with van der Waals surface area (Å²) in [7, 11) is -1.92. The van der Waals surface area contributed by atoms with Crippen molar-refractivity contribution in [1.29, 1.82) is 0 Å². The predicted octanol–water partition coefficient (Wildman–Crippen LogP) is 3.98. The van der Waals surface area contributed by atoms with Crippen molar-refractivity contribution >= 4 is 16.6 Å². The standard InChI is InChI=1S/C22H37N3O2S/c1-4-5-6-7-8-9-10-19-11-13-20(14-12-19)15-16-21(23)18-28(26,27)22(25-3)17-24-2/h11-14,17,21,25H,2,4-10,15-16,18,23H2,1,3H3/b22-17+. The number of hydrogen-bond donors (Lipinski definition) is 2. The van der Waals surface area contributed by atoms with Crippen molar-refractivity contribution in [1.82, 2.24) is 5.32 Å². The summed E-state index contributed by atoms with van der Waals surface area (Å²) in [5.74, 6) is -0.106. The average molecular weight is 408 g/mol. The van der Waals surface area contributed by atoms with Gasteiger partial charge in [0, 0.05) is 13.1 Å². The summed E-state index contributed by atoms with van der Waals surface area (Å²) in [5.41, 5.74) is 8.62. The normalized spacial score (nSPS) is 13.3. The second-order valence-electron chi connectivity index (χ2n) is 7.34. The van der Waals surface area contributed by atoms with Gasteiger partial charge in [-0.1, -0.05) is 63.3 Å². The van der Waals surface area contributed by atoms with Gasteiger partial charge < -0.3 is 11.1 Å². The molecule has 0 aliphatic rings. The number of nitrogens with two attached hydrogens (primary N) is 1. The first-order valence-corrected chi connectivity index (χ1v) is 12.0. The highest BCUT2D eigenvalue weighted by Gasteiger charge is 2.20. The van der Waals surface area contributed by atoms with Gasteiger partial charge in [-0.25, -0.2) is 8.42 Å². The Morgan fingerprint density at radius 3 is 2.25 bits per heavy atom. The van der Waals surface area contributed by atoms with Crippen LogP contribution in [0, 0.1) is 0 Å². The smallest absolute Gasteiger partial charge is 0.196 e. The molecule has 0 saturated carbocycles. The number of benzene rings is 1. The van der Waals surface area contributed by atoms with E-state index in [1.54, 1.807) is 7.05 Å². The molecule has 0 amide bonds. The zero-order valence-corrected chi connectivity index (χ0v) is 18.3. The van der Waals surface area contributed by atoms with Crippen LogP contribution in [0.2, 0.25) is 0 Å². The molecule has 28 heavy (non-hydrogen) atoms. The third-order valence-electron chi connectivity index (χ3n) is 4.87. The van der Waals surface area contributed by atoms with Gasteiger partial charge in [-0.2, -0.15) is 0 Å². The number of nitrogens with one attached hydrogen (secondary N) is 1. The number of sulfone groups is 1. The SMILES string of the molecule is C=N/C=C(\NC)S(=O)(=O)CC(N)CCc1ccc(CCCCCCCC)cc1. The minimum atomic E-state index is -3.47. The van der Waals surface area contributed by atoms with Crippen LogP contribution in [0.3, 0.4) is 0 Å². The topological polar surface area (TPSA) is 84.5 Å². The maximum absolute atomic E-state index is 12.3. The number of unbranched alkanes of at least 4 members (excludes halogenated alkanes) is 5. The summed E-state index contributed by atoms with van der Waals surface area (Å²) in [4.78, 5) is 3.53. The van der Waals surface area contributed by atoms with E-state index in [1.807, 2.05) is 0 Å². The van der Waals surface area contributed by atoms with Gasteiger partial charge in [0.2, 0.25) is 0 Å². The fourth-order valence-electron chi connectivity index (χ4n) is 3.17. The fourth-order valence-corrected chi connectivity index (χ4v) is 4.63. The van der Waals surface area contributed by atoms with Gasteiger partial charge >= 0.3 is 0 Å². The van der Waals surface area contributed by atoms with Crippen molar-refractivity contribution in [2.45, 2.75) is 70.8 Å². The minimum absolute atomic E-state index is 0.0528. The summed E-state index contributed by atoms with van der Waals surface area (Å²) in [6, 6.07) is 8.21. The first kappa shape index (κ1) is 24.4. The molecule has 0 aromatic heterocycles. The quantitative estimate of drug-likeness (QED) is 0.340. The zero-order valence-electron chi connectivity index (χ0n) is 17.5. The number of aliphatic imine (C=N–C) groups is 1. The van der Waals surface area contributed by atoms with Crippen LogP contribution < -0.4 is 11.1 Å². The molecule has 0 saturated heterocycles. The number of aryl methyl sites for hydroxylation is 2. The largest absolute Gasteiger partial charge is 0.378 e. The fraction of sp³-hybridized carbons (Fsp3) is 0.591.